The Kier molecular flexibility index (Phi) is 6.89. The minimum atomic E-state index is -0.828. The Morgan fingerprint density at radius 3 is 2.67 bits per heavy atom. The lowest BCUT2D eigenvalue weighted by Crippen LogP contribution is -2.22. The zero-order chi connectivity index (χ0) is 20.0. The number of nitrogens with one attached hydrogen (secondary N) is 1. The average molecular weight is 392 g/mol. The van der Waals surface area contributed by atoms with Gasteiger partial charge in [0.25, 0.3) is 11.6 Å². The van der Waals surface area contributed by atoms with Crippen LogP contribution in [0.5, 0.6) is 0 Å². The van der Waals surface area contributed by atoms with E-state index in [1.54, 1.807) is 0 Å². The van der Waals surface area contributed by atoms with Crippen LogP contribution in [-0.4, -0.2) is 29.2 Å². The van der Waals surface area contributed by atoms with Gasteiger partial charge in [-0.05, 0) is 31.5 Å². The molecule has 1 N–H and O–H groups in total. The monoisotopic (exact) mass is 392 g/mol. The number of hydrogen-bond donors (Lipinski definition) is 1. The first kappa shape index (κ1) is 20.4. The Morgan fingerprint density at radius 1 is 1.22 bits per heavy atom. The van der Waals surface area contributed by atoms with Gasteiger partial charge in [0, 0.05) is 17.0 Å². The van der Waals surface area contributed by atoms with Crippen LogP contribution in [-0.2, 0) is 14.3 Å². The lowest BCUT2D eigenvalue weighted by Gasteiger charge is -2.08. The van der Waals surface area contributed by atoms with Gasteiger partial charge in [-0.2, -0.15) is 0 Å². The van der Waals surface area contributed by atoms with E-state index in [0.29, 0.717) is 0 Å². The van der Waals surface area contributed by atoms with Crippen molar-refractivity contribution in [2.24, 2.45) is 0 Å². The lowest BCUT2D eigenvalue weighted by atomic mass is 10.2. The maximum Gasteiger partial charge on any atom is 0.316 e. The van der Waals surface area contributed by atoms with Crippen molar-refractivity contribution in [2.75, 3.05) is 17.7 Å². The maximum atomic E-state index is 13.6. The molecule has 0 unspecified atom stereocenters. The molecule has 0 atom stereocenters. The summed E-state index contributed by atoms with van der Waals surface area (Å²) in [5, 5.41) is 12.8. The van der Waals surface area contributed by atoms with Crippen molar-refractivity contribution in [3.8, 4) is 0 Å². The van der Waals surface area contributed by atoms with E-state index in [1.807, 2.05) is 32.0 Å². The van der Waals surface area contributed by atoms with Crippen LogP contribution in [0.4, 0.5) is 15.8 Å². The second kappa shape index (κ2) is 9.13. The molecular formula is C18H17FN2O5S. The number of amides is 1. The van der Waals surface area contributed by atoms with Gasteiger partial charge in [0.1, 0.15) is 5.82 Å². The number of hydrogen-bond acceptors (Lipinski definition) is 6. The van der Waals surface area contributed by atoms with Crippen LogP contribution < -0.4 is 5.32 Å². The van der Waals surface area contributed by atoms with Crippen molar-refractivity contribution in [3.63, 3.8) is 0 Å². The van der Waals surface area contributed by atoms with Crippen LogP contribution >= 0.6 is 11.8 Å². The number of benzene rings is 2. The molecule has 0 saturated heterocycles. The highest BCUT2D eigenvalue weighted by molar-refractivity contribution is 8.00. The Hall–Kier alpha value is -2.94. The first-order chi connectivity index (χ1) is 12.8. The van der Waals surface area contributed by atoms with Crippen LogP contribution in [0.3, 0.4) is 0 Å². The molecule has 9 heteroatoms. The molecule has 0 aliphatic carbocycles. The van der Waals surface area contributed by atoms with Crippen LogP contribution in [0.15, 0.2) is 41.3 Å². The third-order valence-electron chi connectivity index (χ3n) is 3.49. The van der Waals surface area contributed by atoms with Crippen molar-refractivity contribution in [1.29, 1.82) is 0 Å². The van der Waals surface area contributed by atoms with Gasteiger partial charge in [0.05, 0.1) is 16.4 Å². The molecule has 0 heterocycles. The number of non-ortho nitro benzene ring substituents is 1. The highest BCUT2D eigenvalue weighted by Gasteiger charge is 2.14. The minimum Gasteiger partial charge on any atom is -0.455 e. The smallest absolute Gasteiger partial charge is 0.316 e. The van der Waals surface area contributed by atoms with Gasteiger partial charge in [-0.15, -0.1) is 11.8 Å². The van der Waals surface area contributed by atoms with E-state index >= 15 is 0 Å². The Morgan fingerprint density at radius 2 is 1.96 bits per heavy atom. The first-order valence-corrected chi connectivity index (χ1v) is 8.84. The topological polar surface area (TPSA) is 98.5 Å². The molecule has 0 radical (unpaired) electrons. The number of anilines is 1. The quantitative estimate of drug-likeness (QED) is 0.334. The molecule has 7 nitrogen and oxygen atoms in total. The molecule has 1 amide bonds. The standard InChI is InChI=1S/C18H17FN2O5S/c1-11-3-4-12(2)16(7-11)27-10-18(23)26-9-17(22)20-15-8-13(21(24)25)5-6-14(15)19/h3-8H,9-10H2,1-2H3,(H,20,22). The van der Waals surface area contributed by atoms with E-state index in [2.05, 4.69) is 5.32 Å². The number of carbonyl (C=O) groups is 2. The molecule has 2 aromatic carbocycles. The average Bonchev–Trinajstić information content (AvgIpc) is 2.62. The van der Waals surface area contributed by atoms with Crippen LogP contribution in [0.1, 0.15) is 11.1 Å². The molecule has 0 aliphatic heterocycles. The molecule has 142 valence electrons. The third kappa shape index (κ3) is 6.07. The minimum absolute atomic E-state index is 0.0166. The number of halogens is 1. The molecule has 0 saturated carbocycles. The van der Waals surface area contributed by atoms with Gasteiger partial charge < -0.3 is 10.1 Å². The van der Waals surface area contributed by atoms with Gasteiger partial charge in [-0.25, -0.2) is 4.39 Å². The summed E-state index contributed by atoms with van der Waals surface area (Å²) in [7, 11) is 0. The van der Waals surface area contributed by atoms with Gasteiger partial charge in [0.15, 0.2) is 6.61 Å². The van der Waals surface area contributed by atoms with E-state index in [1.165, 1.54) is 11.8 Å². The number of nitrogens with zero attached hydrogens (tertiary/aromatic N) is 1. The predicted molar refractivity (Wildman–Crippen MR) is 99.3 cm³/mol. The maximum absolute atomic E-state index is 13.6. The van der Waals surface area contributed by atoms with E-state index in [9.17, 15) is 24.1 Å². The number of aryl methyl sites for hydroxylation is 2. The summed E-state index contributed by atoms with van der Waals surface area (Å²) in [5.41, 5.74) is 1.37. The van der Waals surface area contributed by atoms with E-state index in [4.69, 9.17) is 4.74 Å². The molecule has 0 aliphatic rings. The first-order valence-electron chi connectivity index (χ1n) is 7.85. The number of nitro groups is 1. The SMILES string of the molecule is Cc1ccc(C)c(SCC(=O)OCC(=O)Nc2cc([N+](=O)[O-])ccc2F)c1. The number of rotatable bonds is 7. The molecule has 0 bridgehead atoms. The number of carbonyl (C=O) groups excluding carboxylic acids is 2. The fourth-order valence-corrected chi connectivity index (χ4v) is 3.02. The van der Waals surface area contributed by atoms with E-state index in [0.717, 1.165) is 34.2 Å². The Balaban J connectivity index is 1.85. The van der Waals surface area contributed by atoms with E-state index < -0.39 is 29.2 Å². The Labute approximate surface area is 159 Å². The second-order valence-corrected chi connectivity index (χ2v) is 6.70. The largest absolute Gasteiger partial charge is 0.455 e. The van der Waals surface area contributed by atoms with Crippen LogP contribution in [0.2, 0.25) is 0 Å². The van der Waals surface area contributed by atoms with Crippen molar-refractivity contribution in [1.82, 2.24) is 0 Å². The van der Waals surface area contributed by atoms with Gasteiger partial charge >= 0.3 is 5.97 Å². The zero-order valence-electron chi connectivity index (χ0n) is 14.7. The number of nitro benzene ring substituents is 1. The van der Waals surface area contributed by atoms with Gasteiger partial charge in [0.2, 0.25) is 0 Å². The second-order valence-electron chi connectivity index (χ2n) is 5.69. The molecule has 0 aromatic heterocycles. The summed E-state index contributed by atoms with van der Waals surface area (Å²) >= 11 is 1.29. The molecule has 2 rings (SSSR count). The fourth-order valence-electron chi connectivity index (χ4n) is 2.10. The zero-order valence-corrected chi connectivity index (χ0v) is 15.5. The summed E-state index contributed by atoms with van der Waals surface area (Å²) < 4.78 is 18.5. The summed E-state index contributed by atoms with van der Waals surface area (Å²) in [5.74, 6) is -2.20. The Bertz CT molecular complexity index is 888. The fraction of sp³-hybridized carbons (Fsp3) is 0.222. The van der Waals surface area contributed by atoms with Crippen molar-refractivity contribution in [2.45, 2.75) is 18.7 Å². The third-order valence-corrected chi connectivity index (χ3v) is 4.62. The summed E-state index contributed by atoms with van der Waals surface area (Å²) in [6.45, 7) is 3.25. The molecule has 0 fully saturated rings. The van der Waals surface area contributed by atoms with Crippen molar-refractivity contribution in [3.05, 3.63) is 63.5 Å². The summed E-state index contributed by atoms with van der Waals surface area (Å²) in [4.78, 5) is 34.5. The molecular weight excluding hydrogens is 375 g/mol. The lowest BCUT2D eigenvalue weighted by molar-refractivity contribution is -0.384. The molecule has 27 heavy (non-hydrogen) atoms. The van der Waals surface area contributed by atoms with Crippen molar-refractivity contribution < 1.29 is 23.6 Å². The molecule has 2 aromatic rings. The summed E-state index contributed by atoms with van der Waals surface area (Å²) in [6.07, 6.45) is 0. The number of esters is 1. The predicted octanol–water partition coefficient (Wildman–Crippen LogP) is 3.62. The van der Waals surface area contributed by atoms with Crippen LogP contribution in [0.25, 0.3) is 0 Å². The highest BCUT2D eigenvalue weighted by Crippen LogP contribution is 2.24. The normalized spacial score (nSPS) is 10.3. The number of thioether (sulfide) groups is 1. The van der Waals surface area contributed by atoms with Crippen molar-refractivity contribution >= 4 is 35.0 Å². The number of ether oxygens (including phenoxy) is 1. The molecule has 0 spiro atoms. The summed E-state index contributed by atoms with van der Waals surface area (Å²) in [6, 6.07) is 8.62. The van der Waals surface area contributed by atoms with Gasteiger partial charge in [-0.1, -0.05) is 17.7 Å². The van der Waals surface area contributed by atoms with Crippen LogP contribution in [0, 0.1) is 29.8 Å². The van der Waals surface area contributed by atoms with E-state index in [-0.39, 0.29) is 17.1 Å². The van der Waals surface area contributed by atoms with Gasteiger partial charge in [-0.3, -0.25) is 19.7 Å². The highest BCUT2D eigenvalue weighted by atomic mass is 32.2.